The van der Waals surface area contributed by atoms with E-state index in [4.69, 9.17) is 5.73 Å². The van der Waals surface area contributed by atoms with E-state index in [-0.39, 0.29) is 6.04 Å². The van der Waals surface area contributed by atoms with Crippen LogP contribution in [0.3, 0.4) is 0 Å². The van der Waals surface area contributed by atoms with Crippen LogP contribution in [0.25, 0.3) is 11.1 Å². The van der Waals surface area contributed by atoms with E-state index < -0.39 is 0 Å². The average molecular weight is 239 g/mol. The summed E-state index contributed by atoms with van der Waals surface area (Å²) in [6.07, 6.45) is 0.975. The van der Waals surface area contributed by atoms with E-state index in [9.17, 15) is 0 Å². The fourth-order valence-corrected chi connectivity index (χ4v) is 2.30. The van der Waals surface area contributed by atoms with E-state index in [0.29, 0.717) is 0 Å². The Morgan fingerprint density at radius 1 is 0.889 bits per heavy atom. The Balaban J connectivity index is 2.34. The van der Waals surface area contributed by atoms with Gasteiger partial charge in [0.05, 0.1) is 0 Å². The van der Waals surface area contributed by atoms with Gasteiger partial charge in [-0.05, 0) is 37.0 Å². The van der Waals surface area contributed by atoms with Gasteiger partial charge in [-0.3, -0.25) is 0 Å². The molecule has 0 saturated heterocycles. The number of aryl methyl sites for hydroxylation is 2. The molecule has 0 aliphatic carbocycles. The molecule has 0 amide bonds. The number of rotatable bonds is 3. The molecule has 2 N–H and O–H groups in total. The Morgan fingerprint density at radius 3 is 1.94 bits per heavy atom. The number of benzene rings is 2. The molecular weight excluding hydrogens is 218 g/mol. The van der Waals surface area contributed by atoms with Crippen LogP contribution in [0.1, 0.15) is 36.1 Å². The monoisotopic (exact) mass is 239 g/mol. The van der Waals surface area contributed by atoms with Crippen molar-refractivity contribution in [3.8, 4) is 11.1 Å². The minimum Gasteiger partial charge on any atom is -0.324 e. The zero-order chi connectivity index (χ0) is 13.1. The standard InChI is InChI=1S/C17H21N/c1-4-17(18)15-7-5-14(6-8-15)16-10-12(2)9-13(3)11-16/h5-11,17H,4,18H2,1-3H3. The molecule has 0 aliphatic rings. The van der Waals surface area contributed by atoms with Crippen LogP contribution in [0.15, 0.2) is 42.5 Å². The molecule has 0 radical (unpaired) electrons. The van der Waals surface area contributed by atoms with Crippen LogP contribution in [0.2, 0.25) is 0 Å². The first kappa shape index (κ1) is 12.8. The molecule has 0 aliphatic heterocycles. The van der Waals surface area contributed by atoms with Crippen molar-refractivity contribution in [1.29, 1.82) is 0 Å². The van der Waals surface area contributed by atoms with Crippen molar-refractivity contribution in [3.05, 3.63) is 59.2 Å². The van der Waals surface area contributed by atoms with Crippen molar-refractivity contribution in [2.24, 2.45) is 5.73 Å². The molecule has 1 unspecified atom stereocenters. The first-order chi connectivity index (χ1) is 8.60. The summed E-state index contributed by atoms with van der Waals surface area (Å²) < 4.78 is 0. The first-order valence-corrected chi connectivity index (χ1v) is 6.54. The molecule has 1 heteroatoms. The molecule has 2 aromatic carbocycles. The van der Waals surface area contributed by atoms with Gasteiger partial charge < -0.3 is 5.73 Å². The minimum absolute atomic E-state index is 0.151. The van der Waals surface area contributed by atoms with E-state index in [0.717, 1.165) is 6.42 Å². The Bertz CT molecular complexity index is 506. The Hall–Kier alpha value is -1.60. The molecule has 0 fully saturated rings. The van der Waals surface area contributed by atoms with Gasteiger partial charge in [0, 0.05) is 6.04 Å². The third-order valence-corrected chi connectivity index (χ3v) is 3.33. The highest BCUT2D eigenvalue weighted by molar-refractivity contribution is 5.65. The zero-order valence-electron chi connectivity index (χ0n) is 11.4. The average Bonchev–Trinajstić information content (AvgIpc) is 2.37. The third kappa shape index (κ3) is 2.80. The van der Waals surface area contributed by atoms with Gasteiger partial charge in [-0.1, -0.05) is 60.5 Å². The summed E-state index contributed by atoms with van der Waals surface area (Å²) in [5, 5.41) is 0. The lowest BCUT2D eigenvalue weighted by atomic mass is 9.98. The molecular formula is C17H21N. The van der Waals surface area contributed by atoms with Crippen LogP contribution < -0.4 is 5.73 Å². The molecule has 0 heterocycles. The largest absolute Gasteiger partial charge is 0.324 e. The minimum atomic E-state index is 0.151. The molecule has 1 atom stereocenters. The van der Waals surface area contributed by atoms with E-state index in [2.05, 4.69) is 63.2 Å². The highest BCUT2D eigenvalue weighted by Gasteiger charge is 2.04. The maximum Gasteiger partial charge on any atom is 0.0292 e. The highest BCUT2D eigenvalue weighted by Crippen LogP contribution is 2.24. The SMILES string of the molecule is CCC(N)c1ccc(-c2cc(C)cc(C)c2)cc1. The lowest BCUT2D eigenvalue weighted by molar-refractivity contribution is 0.699. The van der Waals surface area contributed by atoms with Gasteiger partial charge in [-0.15, -0.1) is 0 Å². The van der Waals surface area contributed by atoms with Gasteiger partial charge in [0.25, 0.3) is 0 Å². The fourth-order valence-electron chi connectivity index (χ4n) is 2.30. The summed E-state index contributed by atoms with van der Waals surface area (Å²) in [7, 11) is 0. The second-order valence-electron chi connectivity index (χ2n) is 5.01. The molecule has 94 valence electrons. The summed E-state index contributed by atoms with van der Waals surface area (Å²) in [5.41, 5.74) is 12.4. The Morgan fingerprint density at radius 2 is 1.44 bits per heavy atom. The van der Waals surface area contributed by atoms with Crippen molar-refractivity contribution >= 4 is 0 Å². The van der Waals surface area contributed by atoms with Gasteiger partial charge in [-0.25, -0.2) is 0 Å². The number of nitrogens with two attached hydrogens (primary N) is 1. The molecule has 2 aromatic rings. The quantitative estimate of drug-likeness (QED) is 0.845. The van der Waals surface area contributed by atoms with Crippen LogP contribution in [-0.2, 0) is 0 Å². The summed E-state index contributed by atoms with van der Waals surface area (Å²) in [6.45, 7) is 6.39. The normalized spacial score (nSPS) is 12.4. The van der Waals surface area contributed by atoms with Gasteiger partial charge in [0.15, 0.2) is 0 Å². The van der Waals surface area contributed by atoms with Crippen LogP contribution in [0, 0.1) is 13.8 Å². The van der Waals surface area contributed by atoms with Crippen molar-refractivity contribution in [2.75, 3.05) is 0 Å². The molecule has 2 rings (SSSR count). The van der Waals surface area contributed by atoms with E-state index in [1.165, 1.54) is 27.8 Å². The second-order valence-corrected chi connectivity index (χ2v) is 5.01. The second kappa shape index (κ2) is 5.36. The molecule has 0 spiro atoms. The molecule has 0 saturated carbocycles. The predicted molar refractivity (Wildman–Crippen MR) is 78.6 cm³/mol. The van der Waals surface area contributed by atoms with Crippen molar-refractivity contribution in [2.45, 2.75) is 33.2 Å². The Labute approximate surface area is 110 Å². The molecule has 0 aromatic heterocycles. The van der Waals surface area contributed by atoms with E-state index >= 15 is 0 Å². The van der Waals surface area contributed by atoms with Crippen LogP contribution in [-0.4, -0.2) is 0 Å². The highest BCUT2D eigenvalue weighted by atomic mass is 14.6. The van der Waals surface area contributed by atoms with Gasteiger partial charge in [-0.2, -0.15) is 0 Å². The Kier molecular flexibility index (Phi) is 3.83. The van der Waals surface area contributed by atoms with Crippen molar-refractivity contribution < 1.29 is 0 Å². The molecule has 18 heavy (non-hydrogen) atoms. The lowest BCUT2D eigenvalue weighted by Crippen LogP contribution is -2.08. The molecule has 1 nitrogen and oxygen atoms in total. The first-order valence-electron chi connectivity index (χ1n) is 6.54. The summed E-state index contributed by atoms with van der Waals surface area (Å²) in [4.78, 5) is 0. The molecule has 0 bridgehead atoms. The van der Waals surface area contributed by atoms with Gasteiger partial charge in [0.1, 0.15) is 0 Å². The predicted octanol–water partition coefficient (Wildman–Crippen LogP) is 4.38. The van der Waals surface area contributed by atoms with Crippen molar-refractivity contribution in [3.63, 3.8) is 0 Å². The summed E-state index contributed by atoms with van der Waals surface area (Å²) in [5.74, 6) is 0. The zero-order valence-corrected chi connectivity index (χ0v) is 11.4. The maximum absolute atomic E-state index is 6.03. The smallest absolute Gasteiger partial charge is 0.0292 e. The topological polar surface area (TPSA) is 26.0 Å². The summed E-state index contributed by atoms with van der Waals surface area (Å²) >= 11 is 0. The number of hydrogen-bond donors (Lipinski definition) is 1. The van der Waals surface area contributed by atoms with Gasteiger partial charge in [0.2, 0.25) is 0 Å². The van der Waals surface area contributed by atoms with E-state index in [1.54, 1.807) is 0 Å². The van der Waals surface area contributed by atoms with Crippen molar-refractivity contribution in [1.82, 2.24) is 0 Å². The number of hydrogen-bond acceptors (Lipinski definition) is 1. The van der Waals surface area contributed by atoms with Crippen LogP contribution >= 0.6 is 0 Å². The maximum atomic E-state index is 6.03. The summed E-state index contributed by atoms with van der Waals surface area (Å²) in [6, 6.07) is 15.4. The van der Waals surface area contributed by atoms with Gasteiger partial charge >= 0.3 is 0 Å². The lowest BCUT2D eigenvalue weighted by Gasteiger charge is -2.10. The van der Waals surface area contributed by atoms with Crippen LogP contribution in [0.4, 0.5) is 0 Å². The fraction of sp³-hybridized carbons (Fsp3) is 0.294. The van der Waals surface area contributed by atoms with Crippen LogP contribution in [0.5, 0.6) is 0 Å². The third-order valence-electron chi connectivity index (χ3n) is 3.33. The van der Waals surface area contributed by atoms with E-state index in [1.807, 2.05) is 0 Å².